The molecule has 1 atom stereocenters. The summed E-state index contributed by atoms with van der Waals surface area (Å²) in [7, 11) is 0. The lowest BCUT2D eigenvalue weighted by atomic mass is 10.0. The number of aromatic nitrogens is 1. The van der Waals surface area contributed by atoms with Crippen molar-refractivity contribution in [1.29, 1.82) is 0 Å². The number of furan rings is 1. The minimum absolute atomic E-state index is 0. The minimum Gasteiger partial charge on any atom is -0.450 e. The molecule has 1 N–H and O–H groups in total. The second-order valence-electron chi connectivity index (χ2n) is 6.51. The summed E-state index contributed by atoms with van der Waals surface area (Å²) in [6, 6.07) is 9.89. The van der Waals surface area contributed by atoms with Crippen LogP contribution in [0.4, 0.5) is 0 Å². The molecule has 0 radical (unpaired) electrons. The van der Waals surface area contributed by atoms with Crippen LogP contribution in [0.5, 0.6) is 0 Å². The molecule has 2 aromatic heterocycles. The van der Waals surface area contributed by atoms with E-state index in [0.29, 0.717) is 12.3 Å². The van der Waals surface area contributed by atoms with Gasteiger partial charge in [-0.1, -0.05) is 24.3 Å². The molecule has 3 heterocycles. The fraction of sp³-hybridized carbons (Fsp3) is 0.300. The fourth-order valence-electron chi connectivity index (χ4n) is 3.54. The van der Waals surface area contributed by atoms with Gasteiger partial charge in [-0.15, -0.1) is 12.4 Å². The maximum atomic E-state index is 13.3. The molecule has 1 aromatic carbocycles. The number of para-hydroxylation sites is 1. The summed E-state index contributed by atoms with van der Waals surface area (Å²) >= 11 is 0. The first-order valence-electron chi connectivity index (χ1n) is 8.57. The third-order valence-corrected chi connectivity index (χ3v) is 4.93. The maximum Gasteiger partial charge on any atom is 0.290 e. The van der Waals surface area contributed by atoms with Crippen LogP contribution in [0.2, 0.25) is 0 Å². The average Bonchev–Trinajstić information content (AvgIpc) is 3.00. The fourth-order valence-corrected chi connectivity index (χ4v) is 3.54. The first kappa shape index (κ1) is 18.4. The van der Waals surface area contributed by atoms with Crippen LogP contribution >= 0.6 is 12.4 Å². The number of benzene rings is 1. The summed E-state index contributed by atoms with van der Waals surface area (Å²) in [6.07, 6.45) is 3.58. The van der Waals surface area contributed by atoms with Gasteiger partial charge in [-0.2, -0.15) is 0 Å². The Morgan fingerprint density at radius 2 is 2.12 bits per heavy atom. The van der Waals surface area contributed by atoms with E-state index in [1.54, 1.807) is 6.20 Å². The Balaban J connectivity index is 0.00000196. The van der Waals surface area contributed by atoms with Crippen LogP contribution in [-0.4, -0.2) is 35.4 Å². The molecular formula is C20H22ClN3O2. The number of aryl methyl sites for hydroxylation is 2. The zero-order valence-corrected chi connectivity index (χ0v) is 15.7. The topological polar surface area (TPSA) is 58.4 Å². The number of hydrogen-bond donors (Lipinski definition) is 1. The quantitative estimate of drug-likeness (QED) is 0.747. The summed E-state index contributed by atoms with van der Waals surface area (Å²) in [4.78, 5) is 19.4. The number of fused-ring (bicyclic) bond motifs is 1. The monoisotopic (exact) mass is 371 g/mol. The van der Waals surface area contributed by atoms with E-state index in [-0.39, 0.29) is 24.4 Å². The smallest absolute Gasteiger partial charge is 0.290 e. The number of carbonyl (C=O) groups is 1. The molecule has 0 aliphatic carbocycles. The molecule has 1 aliphatic rings. The molecule has 26 heavy (non-hydrogen) atoms. The van der Waals surface area contributed by atoms with Gasteiger partial charge in [0.1, 0.15) is 5.58 Å². The van der Waals surface area contributed by atoms with Crippen molar-refractivity contribution in [2.45, 2.75) is 19.9 Å². The maximum absolute atomic E-state index is 13.3. The number of halogens is 1. The van der Waals surface area contributed by atoms with Crippen molar-refractivity contribution in [3.63, 3.8) is 0 Å². The number of carbonyl (C=O) groups excluding carboxylic acids is 1. The molecule has 0 spiro atoms. The van der Waals surface area contributed by atoms with E-state index in [4.69, 9.17) is 4.42 Å². The van der Waals surface area contributed by atoms with Gasteiger partial charge < -0.3 is 14.6 Å². The van der Waals surface area contributed by atoms with Gasteiger partial charge in [0.25, 0.3) is 5.91 Å². The molecule has 3 aromatic rings. The summed E-state index contributed by atoms with van der Waals surface area (Å²) in [5, 5.41) is 4.38. The lowest BCUT2D eigenvalue weighted by molar-refractivity contribution is 0.0602. The number of nitrogens with zero attached hydrogens (tertiary/aromatic N) is 2. The zero-order chi connectivity index (χ0) is 17.4. The van der Waals surface area contributed by atoms with Crippen molar-refractivity contribution in [3.05, 3.63) is 65.2 Å². The number of rotatable bonds is 2. The number of amides is 1. The predicted molar refractivity (Wildman–Crippen MR) is 104 cm³/mol. The van der Waals surface area contributed by atoms with E-state index >= 15 is 0 Å². The Labute approximate surface area is 158 Å². The third-order valence-electron chi connectivity index (χ3n) is 4.93. The molecule has 4 rings (SSSR count). The highest BCUT2D eigenvalue weighted by Gasteiger charge is 2.32. The van der Waals surface area contributed by atoms with Crippen LogP contribution in [-0.2, 0) is 0 Å². The van der Waals surface area contributed by atoms with Crippen molar-refractivity contribution >= 4 is 29.3 Å². The standard InChI is InChI=1S/C20H21N3O2.ClH/c1-13-5-3-7-16-14(2)19(25-18(13)16)20(24)23-10-9-22-12-17(23)15-6-4-8-21-11-15;/h3-8,11,17,22H,9-10,12H2,1-2H3;1H. The van der Waals surface area contributed by atoms with Gasteiger partial charge in [0.2, 0.25) is 0 Å². The Kier molecular flexibility index (Phi) is 5.30. The second kappa shape index (κ2) is 7.48. The molecule has 5 nitrogen and oxygen atoms in total. The minimum atomic E-state index is -0.0524. The highest BCUT2D eigenvalue weighted by Crippen LogP contribution is 2.31. The molecule has 136 valence electrons. The van der Waals surface area contributed by atoms with Crippen molar-refractivity contribution < 1.29 is 9.21 Å². The van der Waals surface area contributed by atoms with Gasteiger partial charge in [-0.25, -0.2) is 0 Å². The van der Waals surface area contributed by atoms with Crippen molar-refractivity contribution in [2.24, 2.45) is 0 Å². The van der Waals surface area contributed by atoms with Gasteiger partial charge in [0, 0.05) is 43.0 Å². The van der Waals surface area contributed by atoms with Crippen LogP contribution in [0.25, 0.3) is 11.0 Å². The van der Waals surface area contributed by atoms with E-state index in [9.17, 15) is 4.79 Å². The molecule has 1 fully saturated rings. The lowest BCUT2D eigenvalue weighted by Crippen LogP contribution is -2.48. The van der Waals surface area contributed by atoms with Crippen molar-refractivity contribution in [2.75, 3.05) is 19.6 Å². The highest BCUT2D eigenvalue weighted by molar-refractivity contribution is 5.99. The van der Waals surface area contributed by atoms with Crippen LogP contribution in [0, 0.1) is 13.8 Å². The summed E-state index contributed by atoms with van der Waals surface area (Å²) < 4.78 is 6.00. The van der Waals surface area contributed by atoms with E-state index in [2.05, 4.69) is 10.3 Å². The van der Waals surface area contributed by atoms with Gasteiger partial charge in [0.15, 0.2) is 5.76 Å². The average molecular weight is 372 g/mol. The predicted octanol–water partition coefficient (Wildman–Crippen LogP) is 3.65. The lowest BCUT2D eigenvalue weighted by Gasteiger charge is -2.36. The van der Waals surface area contributed by atoms with Gasteiger partial charge in [-0.05, 0) is 31.0 Å². The van der Waals surface area contributed by atoms with Crippen molar-refractivity contribution in [1.82, 2.24) is 15.2 Å². The van der Waals surface area contributed by atoms with Crippen LogP contribution in [0.3, 0.4) is 0 Å². The van der Waals surface area contributed by atoms with Crippen LogP contribution < -0.4 is 5.32 Å². The second-order valence-corrected chi connectivity index (χ2v) is 6.51. The number of nitrogens with one attached hydrogen (secondary N) is 1. The van der Waals surface area contributed by atoms with E-state index in [0.717, 1.165) is 40.7 Å². The van der Waals surface area contributed by atoms with E-state index in [1.807, 2.05) is 55.3 Å². The summed E-state index contributed by atoms with van der Waals surface area (Å²) in [5.41, 5.74) is 3.79. The van der Waals surface area contributed by atoms with Gasteiger partial charge >= 0.3 is 0 Å². The van der Waals surface area contributed by atoms with Crippen LogP contribution in [0.15, 0.2) is 47.1 Å². The number of piperazine rings is 1. The molecule has 0 saturated carbocycles. The molecule has 1 unspecified atom stereocenters. The van der Waals surface area contributed by atoms with E-state index < -0.39 is 0 Å². The largest absolute Gasteiger partial charge is 0.450 e. The first-order valence-corrected chi connectivity index (χ1v) is 8.57. The Hall–Kier alpha value is -2.37. The Bertz CT molecular complexity index is 923. The molecule has 1 aliphatic heterocycles. The van der Waals surface area contributed by atoms with Gasteiger partial charge in [-0.3, -0.25) is 9.78 Å². The Morgan fingerprint density at radius 3 is 2.85 bits per heavy atom. The normalized spacial score (nSPS) is 17.2. The van der Waals surface area contributed by atoms with Crippen LogP contribution in [0.1, 0.15) is 33.3 Å². The highest BCUT2D eigenvalue weighted by atomic mass is 35.5. The molecule has 0 bridgehead atoms. The molecule has 1 saturated heterocycles. The zero-order valence-electron chi connectivity index (χ0n) is 14.9. The van der Waals surface area contributed by atoms with E-state index in [1.165, 1.54) is 0 Å². The molecular weight excluding hydrogens is 350 g/mol. The van der Waals surface area contributed by atoms with Crippen molar-refractivity contribution in [3.8, 4) is 0 Å². The Morgan fingerprint density at radius 1 is 1.27 bits per heavy atom. The third kappa shape index (κ3) is 3.08. The van der Waals surface area contributed by atoms with Gasteiger partial charge in [0.05, 0.1) is 6.04 Å². The summed E-state index contributed by atoms with van der Waals surface area (Å²) in [6.45, 7) is 6.10. The number of hydrogen-bond acceptors (Lipinski definition) is 4. The first-order chi connectivity index (χ1) is 12.2. The summed E-state index contributed by atoms with van der Waals surface area (Å²) in [5.74, 6) is 0.392. The molecule has 6 heteroatoms. The SMILES string of the molecule is Cc1c(C(=O)N2CCNCC2c2cccnc2)oc2c(C)cccc12.Cl. The number of pyridine rings is 1. The molecule has 1 amide bonds.